The van der Waals surface area contributed by atoms with Crippen molar-refractivity contribution >= 4 is 23.2 Å². The van der Waals surface area contributed by atoms with E-state index in [0.29, 0.717) is 10.7 Å². The first-order valence-electron chi connectivity index (χ1n) is 7.87. The molecule has 9 heteroatoms. The zero-order valence-corrected chi connectivity index (χ0v) is 14.5. The molecular formula is C18H13ClF3N3O2. The number of anilines is 1. The summed E-state index contributed by atoms with van der Waals surface area (Å²) in [6.07, 6.45) is -4.23. The molecule has 0 saturated carbocycles. The topological polar surface area (TPSA) is 68.0 Å². The van der Waals surface area contributed by atoms with Crippen molar-refractivity contribution in [3.8, 4) is 11.5 Å². The van der Waals surface area contributed by atoms with Crippen molar-refractivity contribution in [2.45, 2.75) is 19.0 Å². The number of rotatable bonds is 5. The molecule has 0 radical (unpaired) electrons. The highest BCUT2D eigenvalue weighted by molar-refractivity contribution is 6.30. The Kier molecular flexibility index (Phi) is 5.46. The van der Waals surface area contributed by atoms with E-state index in [-0.39, 0.29) is 36.1 Å². The molecule has 0 bridgehead atoms. The fourth-order valence-corrected chi connectivity index (χ4v) is 2.40. The number of hydrogen-bond donors (Lipinski definition) is 1. The van der Waals surface area contributed by atoms with Crippen LogP contribution in [0.15, 0.2) is 52.9 Å². The molecule has 0 aliphatic heterocycles. The number of nitrogens with zero attached hydrogens (tertiary/aromatic N) is 2. The molecule has 0 spiro atoms. The molecule has 27 heavy (non-hydrogen) atoms. The lowest BCUT2D eigenvalue weighted by molar-refractivity contribution is -0.137. The average molecular weight is 396 g/mol. The molecule has 1 aromatic heterocycles. The number of hydrogen-bond acceptors (Lipinski definition) is 4. The van der Waals surface area contributed by atoms with Gasteiger partial charge in [-0.2, -0.15) is 13.2 Å². The van der Waals surface area contributed by atoms with Gasteiger partial charge >= 0.3 is 6.18 Å². The summed E-state index contributed by atoms with van der Waals surface area (Å²) in [4.78, 5) is 11.9. The zero-order valence-electron chi connectivity index (χ0n) is 13.8. The number of benzene rings is 2. The predicted octanol–water partition coefficient (Wildman–Crippen LogP) is 4.98. The smallest absolute Gasteiger partial charge is 0.416 e. The molecule has 3 rings (SSSR count). The number of carbonyl (C=O) groups excluding carboxylic acids is 1. The Labute approximate surface area is 157 Å². The number of halogens is 4. The summed E-state index contributed by atoms with van der Waals surface area (Å²) in [5.74, 6) is -0.140. The van der Waals surface area contributed by atoms with Gasteiger partial charge in [-0.05, 0) is 42.5 Å². The molecule has 0 fully saturated rings. The molecule has 0 saturated heterocycles. The summed E-state index contributed by atoms with van der Waals surface area (Å²) in [6, 6.07) is 11.2. The lowest BCUT2D eigenvalue weighted by atomic mass is 10.1. The predicted molar refractivity (Wildman–Crippen MR) is 93.1 cm³/mol. The van der Waals surface area contributed by atoms with Crippen molar-refractivity contribution in [2.75, 3.05) is 5.32 Å². The van der Waals surface area contributed by atoms with Crippen LogP contribution < -0.4 is 5.32 Å². The number of nitrogens with one attached hydrogen (secondary N) is 1. The molecule has 0 aliphatic carbocycles. The van der Waals surface area contributed by atoms with Crippen LogP contribution in [0.25, 0.3) is 11.5 Å². The highest BCUT2D eigenvalue weighted by Gasteiger charge is 2.30. The fourth-order valence-electron chi connectivity index (χ4n) is 2.28. The molecule has 5 nitrogen and oxygen atoms in total. The third-order valence-electron chi connectivity index (χ3n) is 3.60. The quantitative estimate of drug-likeness (QED) is 0.661. The molecular weight excluding hydrogens is 383 g/mol. The van der Waals surface area contributed by atoms with Crippen molar-refractivity contribution < 1.29 is 22.4 Å². The number of aryl methyl sites for hydroxylation is 1. The van der Waals surface area contributed by atoms with Gasteiger partial charge in [-0.25, -0.2) is 0 Å². The van der Waals surface area contributed by atoms with Crippen LogP contribution in [0.4, 0.5) is 18.9 Å². The van der Waals surface area contributed by atoms with Gasteiger partial charge in [0.05, 0.1) is 5.56 Å². The first-order chi connectivity index (χ1) is 12.8. The van der Waals surface area contributed by atoms with Crippen molar-refractivity contribution in [1.29, 1.82) is 0 Å². The van der Waals surface area contributed by atoms with Gasteiger partial charge < -0.3 is 9.73 Å². The average Bonchev–Trinajstić information content (AvgIpc) is 3.10. The SMILES string of the molecule is O=C(CCc1nnc(-c2cccc(C(F)(F)F)c2)o1)Nc1ccc(Cl)cc1. The molecule has 0 unspecified atom stereocenters. The monoisotopic (exact) mass is 395 g/mol. The van der Waals surface area contributed by atoms with Crippen molar-refractivity contribution in [2.24, 2.45) is 0 Å². The summed E-state index contributed by atoms with van der Waals surface area (Å²) < 4.78 is 43.7. The van der Waals surface area contributed by atoms with Crippen molar-refractivity contribution in [3.05, 3.63) is 65.0 Å². The third kappa shape index (κ3) is 5.07. The minimum absolute atomic E-state index is 0.0331. The molecule has 1 N–H and O–H groups in total. The van der Waals surface area contributed by atoms with E-state index in [1.165, 1.54) is 12.1 Å². The Morgan fingerprint density at radius 2 is 1.85 bits per heavy atom. The molecule has 1 heterocycles. The Morgan fingerprint density at radius 3 is 2.56 bits per heavy atom. The Morgan fingerprint density at radius 1 is 1.11 bits per heavy atom. The largest absolute Gasteiger partial charge is 0.421 e. The number of aromatic nitrogens is 2. The summed E-state index contributed by atoms with van der Waals surface area (Å²) in [5.41, 5.74) is -0.0455. The molecule has 140 valence electrons. The summed E-state index contributed by atoms with van der Waals surface area (Å²) >= 11 is 5.77. The van der Waals surface area contributed by atoms with Crippen LogP contribution in [-0.4, -0.2) is 16.1 Å². The summed E-state index contributed by atoms with van der Waals surface area (Å²) in [5, 5.41) is 10.8. The lowest BCUT2D eigenvalue weighted by Crippen LogP contribution is -2.12. The number of amides is 1. The van der Waals surface area contributed by atoms with Crippen LogP contribution in [0, 0.1) is 0 Å². The van der Waals surface area contributed by atoms with Gasteiger partial charge in [-0.3, -0.25) is 4.79 Å². The van der Waals surface area contributed by atoms with E-state index in [0.717, 1.165) is 12.1 Å². The Bertz CT molecular complexity index is 940. The lowest BCUT2D eigenvalue weighted by Gasteiger charge is -2.06. The normalized spacial score (nSPS) is 11.4. The Hall–Kier alpha value is -2.87. The van der Waals surface area contributed by atoms with Gasteiger partial charge in [0.15, 0.2) is 0 Å². The second-order valence-electron chi connectivity index (χ2n) is 5.63. The van der Waals surface area contributed by atoms with Gasteiger partial charge in [0.2, 0.25) is 17.7 Å². The minimum Gasteiger partial charge on any atom is -0.421 e. The van der Waals surface area contributed by atoms with Crippen LogP contribution in [0.1, 0.15) is 17.9 Å². The molecule has 0 atom stereocenters. The van der Waals surface area contributed by atoms with E-state index in [1.807, 2.05) is 0 Å². The second-order valence-corrected chi connectivity index (χ2v) is 6.07. The standard InChI is InChI=1S/C18H13ClF3N3O2/c19-13-4-6-14(7-5-13)23-15(26)8-9-16-24-25-17(27-16)11-2-1-3-12(10-11)18(20,21)22/h1-7,10H,8-9H2,(H,23,26). The van der Waals surface area contributed by atoms with E-state index in [2.05, 4.69) is 15.5 Å². The fraction of sp³-hybridized carbons (Fsp3) is 0.167. The zero-order chi connectivity index (χ0) is 19.4. The van der Waals surface area contributed by atoms with E-state index in [1.54, 1.807) is 24.3 Å². The van der Waals surface area contributed by atoms with Gasteiger partial charge in [0.25, 0.3) is 0 Å². The first kappa shape index (κ1) is 18.9. The number of alkyl halides is 3. The first-order valence-corrected chi connectivity index (χ1v) is 8.24. The van der Waals surface area contributed by atoms with Gasteiger partial charge in [0.1, 0.15) is 0 Å². The van der Waals surface area contributed by atoms with Gasteiger partial charge in [0, 0.05) is 29.1 Å². The van der Waals surface area contributed by atoms with E-state index in [9.17, 15) is 18.0 Å². The maximum atomic E-state index is 12.8. The van der Waals surface area contributed by atoms with E-state index in [4.69, 9.17) is 16.0 Å². The summed E-state index contributed by atoms with van der Waals surface area (Å²) in [6.45, 7) is 0. The van der Waals surface area contributed by atoms with Gasteiger partial charge in [-0.1, -0.05) is 17.7 Å². The van der Waals surface area contributed by atoms with Crippen LogP contribution in [-0.2, 0) is 17.4 Å². The van der Waals surface area contributed by atoms with Crippen LogP contribution in [0.5, 0.6) is 0 Å². The Balaban J connectivity index is 1.61. The second kappa shape index (κ2) is 7.79. The molecule has 3 aromatic rings. The summed E-state index contributed by atoms with van der Waals surface area (Å²) in [7, 11) is 0. The maximum absolute atomic E-state index is 12.8. The number of carbonyl (C=O) groups is 1. The highest BCUT2D eigenvalue weighted by Crippen LogP contribution is 2.31. The van der Waals surface area contributed by atoms with Crippen molar-refractivity contribution in [3.63, 3.8) is 0 Å². The molecule has 2 aromatic carbocycles. The van der Waals surface area contributed by atoms with E-state index < -0.39 is 11.7 Å². The molecule has 1 amide bonds. The molecule has 0 aliphatic rings. The van der Waals surface area contributed by atoms with Crippen LogP contribution in [0.3, 0.4) is 0 Å². The van der Waals surface area contributed by atoms with Crippen molar-refractivity contribution in [1.82, 2.24) is 10.2 Å². The highest BCUT2D eigenvalue weighted by atomic mass is 35.5. The maximum Gasteiger partial charge on any atom is 0.416 e. The van der Waals surface area contributed by atoms with Crippen LogP contribution in [0.2, 0.25) is 5.02 Å². The van der Waals surface area contributed by atoms with Gasteiger partial charge in [-0.15, -0.1) is 10.2 Å². The third-order valence-corrected chi connectivity index (χ3v) is 3.85. The van der Waals surface area contributed by atoms with Crippen LogP contribution >= 0.6 is 11.6 Å². The van der Waals surface area contributed by atoms with E-state index >= 15 is 0 Å². The minimum atomic E-state index is -4.46.